The lowest BCUT2D eigenvalue weighted by atomic mass is 10.1. The minimum absolute atomic E-state index is 0.0470. The number of aliphatic imine (C=N–C) groups is 1. The summed E-state index contributed by atoms with van der Waals surface area (Å²) >= 11 is 0. The molecule has 0 amide bonds. The molecule has 0 aromatic carbocycles. The van der Waals surface area contributed by atoms with Crippen LogP contribution in [0.2, 0.25) is 0 Å². The van der Waals surface area contributed by atoms with Gasteiger partial charge >= 0.3 is 0 Å². The third-order valence-corrected chi connectivity index (χ3v) is 2.63. The Morgan fingerprint density at radius 2 is 2.41 bits per heavy atom. The molecule has 17 heavy (non-hydrogen) atoms. The number of nitrogens with zero attached hydrogens (tertiary/aromatic N) is 2. The van der Waals surface area contributed by atoms with Gasteiger partial charge in [0, 0.05) is 26.2 Å². The van der Waals surface area contributed by atoms with Crippen molar-refractivity contribution in [3.63, 3.8) is 0 Å². The van der Waals surface area contributed by atoms with E-state index in [0.717, 1.165) is 26.2 Å². The Kier molecular flexibility index (Phi) is 5.44. The molecule has 3 N–H and O–H groups in total. The van der Waals surface area contributed by atoms with Gasteiger partial charge in [0.25, 0.3) is 0 Å². The van der Waals surface area contributed by atoms with Crippen molar-refractivity contribution in [3.05, 3.63) is 12.7 Å². The van der Waals surface area contributed by atoms with Crippen LogP contribution < -0.4 is 11.1 Å². The van der Waals surface area contributed by atoms with E-state index in [2.05, 4.69) is 35.6 Å². The highest BCUT2D eigenvalue weighted by atomic mass is 16.5. The number of rotatable bonds is 5. The molecule has 0 unspecified atom stereocenters. The maximum atomic E-state index is 5.68. The molecule has 1 saturated heterocycles. The molecule has 0 bridgehead atoms. The lowest BCUT2D eigenvalue weighted by Crippen LogP contribution is -2.49. The Bertz CT molecular complexity index is 276. The molecular weight excluding hydrogens is 216 g/mol. The van der Waals surface area contributed by atoms with Crippen LogP contribution in [0.5, 0.6) is 0 Å². The zero-order valence-corrected chi connectivity index (χ0v) is 10.9. The third-order valence-electron chi connectivity index (χ3n) is 2.63. The summed E-state index contributed by atoms with van der Waals surface area (Å²) in [4.78, 5) is 6.61. The Morgan fingerprint density at radius 1 is 1.65 bits per heavy atom. The second kappa shape index (κ2) is 6.61. The average molecular weight is 240 g/mol. The molecule has 5 heteroatoms. The van der Waals surface area contributed by atoms with Gasteiger partial charge in [0.05, 0.1) is 18.8 Å². The number of guanidine groups is 1. The van der Waals surface area contributed by atoms with Crippen molar-refractivity contribution in [2.24, 2.45) is 10.7 Å². The van der Waals surface area contributed by atoms with Crippen LogP contribution in [-0.2, 0) is 4.74 Å². The molecule has 0 aromatic rings. The van der Waals surface area contributed by atoms with Crippen molar-refractivity contribution in [2.45, 2.75) is 19.4 Å². The van der Waals surface area contributed by atoms with Crippen LogP contribution in [0.4, 0.5) is 0 Å². The first-order chi connectivity index (χ1) is 8.03. The number of morpholine rings is 1. The number of hydrogen-bond acceptors (Lipinski definition) is 3. The van der Waals surface area contributed by atoms with Gasteiger partial charge in [-0.25, -0.2) is 0 Å². The maximum absolute atomic E-state index is 5.68. The highest BCUT2D eigenvalue weighted by molar-refractivity contribution is 5.77. The Morgan fingerprint density at radius 3 is 3.06 bits per heavy atom. The van der Waals surface area contributed by atoms with Crippen molar-refractivity contribution in [1.82, 2.24) is 10.2 Å². The molecule has 0 aromatic heterocycles. The molecule has 1 aliphatic rings. The lowest BCUT2D eigenvalue weighted by molar-refractivity contribution is -0.0850. The van der Waals surface area contributed by atoms with Crippen molar-refractivity contribution < 1.29 is 4.74 Å². The molecular formula is C12H24N4O. The number of hydrogen-bond donors (Lipinski definition) is 2. The van der Waals surface area contributed by atoms with Gasteiger partial charge in [-0.3, -0.25) is 9.89 Å². The van der Waals surface area contributed by atoms with Crippen LogP contribution in [0.25, 0.3) is 0 Å². The van der Waals surface area contributed by atoms with Crippen molar-refractivity contribution >= 4 is 5.96 Å². The van der Waals surface area contributed by atoms with Crippen molar-refractivity contribution in [1.29, 1.82) is 0 Å². The van der Waals surface area contributed by atoms with Gasteiger partial charge in [-0.05, 0) is 13.8 Å². The molecule has 5 nitrogen and oxygen atoms in total. The van der Waals surface area contributed by atoms with Crippen molar-refractivity contribution in [3.8, 4) is 0 Å². The summed E-state index contributed by atoms with van der Waals surface area (Å²) in [7, 11) is 0. The molecule has 1 aliphatic heterocycles. The minimum Gasteiger partial charge on any atom is -0.373 e. The highest BCUT2D eigenvalue weighted by Crippen LogP contribution is 2.15. The van der Waals surface area contributed by atoms with E-state index in [0.29, 0.717) is 19.0 Å². The summed E-state index contributed by atoms with van der Waals surface area (Å²) < 4.78 is 5.65. The van der Waals surface area contributed by atoms with Crippen LogP contribution >= 0.6 is 0 Å². The predicted octanol–water partition coefficient (Wildman–Crippen LogP) is 0.188. The summed E-state index contributed by atoms with van der Waals surface area (Å²) in [6.07, 6.45) is 1.76. The lowest BCUT2D eigenvalue weighted by Gasteiger charge is -2.37. The van der Waals surface area contributed by atoms with Gasteiger partial charge in [-0.2, -0.15) is 0 Å². The normalized spacial score (nSPS) is 21.2. The zero-order chi connectivity index (χ0) is 12.7. The van der Waals surface area contributed by atoms with Crippen LogP contribution in [0.1, 0.15) is 13.8 Å². The largest absolute Gasteiger partial charge is 0.373 e. The second-order valence-corrected chi connectivity index (χ2v) is 4.82. The fourth-order valence-corrected chi connectivity index (χ4v) is 1.85. The fourth-order valence-electron chi connectivity index (χ4n) is 1.85. The van der Waals surface area contributed by atoms with E-state index in [1.54, 1.807) is 6.08 Å². The zero-order valence-electron chi connectivity index (χ0n) is 10.9. The summed E-state index contributed by atoms with van der Waals surface area (Å²) in [5, 5.41) is 2.95. The van der Waals surface area contributed by atoms with Crippen LogP contribution in [0.3, 0.4) is 0 Å². The summed E-state index contributed by atoms with van der Waals surface area (Å²) in [6.45, 7) is 12.8. The van der Waals surface area contributed by atoms with E-state index in [1.165, 1.54) is 0 Å². The van der Waals surface area contributed by atoms with E-state index in [1.807, 2.05) is 0 Å². The molecule has 98 valence electrons. The summed E-state index contributed by atoms with van der Waals surface area (Å²) in [5.41, 5.74) is 5.63. The first-order valence-electron chi connectivity index (χ1n) is 6.04. The van der Waals surface area contributed by atoms with Gasteiger partial charge in [0.2, 0.25) is 0 Å². The SMILES string of the molecule is C=CCNC(N)=NCCN1CCOC(C)(C)C1. The third kappa shape index (κ3) is 5.70. The first kappa shape index (κ1) is 14.0. The number of nitrogens with one attached hydrogen (secondary N) is 1. The Hall–Kier alpha value is -1.07. The Labute approximate surface area is 104 Å². The minimum atomic E-state index is -0.0470. The van der Waals surface area contributed by atoms with Crippen LogP contribution in [-0.4, -0.2) is 55.8 Å². The van der Waals surface area contributed by atoms with E-state index >= 15 is 0 Å². The Balaban J connectivity index is 2.24. The highest BCUT2D eigenvalue weighted by Gasteiger charge is 2.26. The van der Waals surface area contributed by atoms with Gasteiger partial charge in [-0.15, -0.1) is 6.58 Å². The smallest absolute Gasteiger partial charge is 0.188 e. The second-order valence-electron chi connectivity index (χ2n) is 4.82. The van der Waals surface area contributed by atoms with Gasteiger partial charge in [-0.1, -0.05) is 6.08 Å². The molecule has 0 aliphatic carbocycles. The van der Waals surface area contributed by atoms with E-state index in [4.69, 9.17) is 10.5 Å². The molecule has 1 fully saturated rings. The number of nitrogens with two attached hydrogens (primary N) is 1. The van der Waals surface area contributed by atoms with E-state index < -0.39 is 0 Å². The number of ether oxygens (including phenoxy) is 1. The molecule has 0 saturated carbocycles. The van der Waals surface area contributed by atoms with Gasteiger partial charge in [0.15, 0.2) is 5.96 Å². The van der Waals surface area contributed by atoms with E-state index in [9.17, 15) is 0 Å². The van der Waals surface area contributed by atoms with Gasteiger partial charge < -0.3 is 15.8 Å². The first-order valence-corrected chi connectivity index (χ1v) is 6.04. The maximum Gasteiger partial charge on any atom is 0.188 e. The van der Waals surface area contributed by atoms with Crippen molar-refractivity contribution in [2.75, 3.05) is 39.3 Å². The molecule has 0 atom stereocenters. The predicted molar refractivity (Wildman–Crippen MR) is 71.2 cm³/mol. The molecule has 0 spiro atoms. The molecule has 1 heterocycles. The molecule has 0 radical (unpaired) electrons. The average Bonchev–Trinajstić information content (AvgIpc) is 2.25. The van der Waals surface area contributed by atoms with Crippen LogP contribution in [0, 0.1) is 0 Å². The van der Waals surface area contributed by atoms with E-state index in [-0.39, 0.29) is 5.60 Å². The van der Waals surface area contributed by atoms with Crippen LogP contribution in [0.15, 0.2) is 17.6 Å². The summed E-state index contributed by atoms with van der Waals surface area (Å²) in [5.74, 6) is 0.484. The summed E-state index contributed by atoms with van der Waals surface area (Å²) in [6, 6.07) is 0. The van der Waals surface area contributed by atoms with Gasteiger partial charge in [0.1, 0.15) is 0 Å². The molecule has 1 rings (SSSR count). The standard InChI is InChI=1S/C12H24N4O/c1-4-5-14-11(13)15-6-7-16-8-9-17-12(2,3)10-16/h4H,1,5-10H2,2-3H3,(H3,13,14,15). The fraction of sp³-hybridized carbons (Fsp3) is 0.750. The quantitative estimate of drug-likeness (QED) is 0.409. The monoisotopic (exact) mass is 240 g/mol. The topological polar surface area (TPSA) is 62.9 Å².